The summed E-state index contributed by atoms with van der Waals surface area (Å²) in [6, 6.07) is 10.7. The number of H-pyrrole nitrogens is 1. The molecule has 1 unspecified atom stereocenters. The summed E-state index contributed by atoms with van der Waals surface area (Å²) in [5, 5.41) is 0. The van der Waals surface area contributed by atoms with Crippen molar-refractivity contribution < 1.29 is 22.0 Å². The van der Waals surface area contributed by atoms with E-state index in [4.69, 9.17) is 15.1 Å². The predicted octanol–water partition coefficient (Wildman–Crippen LogP) is 3.91. The number of benzene rings is 2. The molecule has 0 bridgehead atoms. The van der Waals surface area contributed by atoms with Crippen LogP contribution in [-0.4, -0.2) is 30.0 Å². The van der Waals surface area contributed by atoms with Crippen molar-refractivity contribution in [2.24, 2.45) is 11.7 Å². The van der Waals surface area contributed by atoms with Crippen molar-refractivity contribution in [2.45, 2.75) is 43.9 Å². The average molecular weight is 524 g/mol. The van der Waals surface area contributed by atoms with Gasteiger partial charge in [-0.2, -0.15) is 0 Å². The van der Waals surface area contributed by atoms with Gasteiger partial charge in [0.2, 0.25) is 0 Å². The molecule has 10 heteroatoms. The Morgan fingerprint density at radius 1 is 1.22 bits per heavy atom. The number of fused-ring (bicyclic) bond motifs is 2. The number of hydrogen-bond acceptors (Lipinski definition) is 6. The molecule has 0 saturated carbocycles. The molecule has 2 aromatic heterocycles. The number of amides is 1. The molecule has 3 N–H and O–H groups in total. The van der Waals surface area contributed by atoms with Crippen LogP contribution in [0.15, 0.2) is 56.6 Å². The number of aromatic nitrogens is 2. The first-order valence-electron chi connectivity index (χ1n) is 11.9. The Kier molecular flexibility index (Phi) is 5.82. The number of carbonyl (C=O) groups is 1. The normalized spacial score (nSPS) is 18.4. The van der Waals surface area contributed by atoms with Crippen molar-refractivity contribution in [1.82, 2.24) is 9.97 Å². The van der Waals surface area contributed by atoms with Crippen LogP contribution in [0, 0.1) is 11.7 Å². The summed E-state index contributed by atoms with van der Waals surface area (Å²) in [5.41, 5.74) is 7.67. The van der Waals surface area contributed by atoms with Crippen LogP contribution >= 0.6 is 0 Å². The number of nitrogens with two attached hydrogens (primary N) is 1. The first-order chi connectivity index (χ1) is 17.4. The van der Waals surface area contributed by atoms with Crippen LogP contribution in [0.25, 0.3) is 22.2 Å². The van der Waals surface area contributed by atoms with Gasteiger partial charge in [0.15, 0.2) is 15.4 Å². The molecular formula is C27H26FN3O5S. The number of primary amides is 1. The van der Waals surface area contributed by atoms with Crippen LogP contribution in [-0.2, 0) is 28.1 Å². The topological polar surface area (TPSA) is 136 Å². The van der Waals surface area contributed by atoms with Gasteiger partial charge < -0.3 is 10.2 Å². The third kappa shape index (κ3) is 4.35. The molecule has 1 amide bonds. The fourth-order valence-electron chi connectivity index (χ4n) is 5.25. The second kappa shape index (κ2) is 8.65. The molecule has 0 fully saturated rings. The van der Waals surface area contributed by atoms with E-state index in [2.05, 4.69) is 4.98 Å². The molecule has 0 spiro atoms. The number of pyridine rings is 1. The summed E-state index contributed by atoms with van der Waals surface area (Å²) in [6.07, 6.45) is 0.696. The van der Waals surface area contributed by atoms with Gasteiger partial charge in [-0.25, -0.2) is 17.6 Å². The lowest BCUT2D eigenvalue weighted by molar-refractivity contribution is 0.0999. The Morgan fingerprint density at radius 3 is 2.57 bits per heavy atom. The Balaban J connectivity index is 1.84. The van der Waals surface area contributed by atoms with Crippen LogP contribution in [0.1, 0.15) is 48.1 Å². The van der Waals surface area contributed by atoms with E-state index in [0.29, 0.717) is 35.3 Å². The van der Waals surface area contributed by atoms with Gasteiger partial charge in [0.1, 0.15) is 5.82 Å². The Labute approximate surface area is 212 Å². The van der Waals surface area contributed by atoms with Crippen molar-refractivity contribution >= 4 is 26.8 Å². The largest absolute Gasteiger partial charge is 0.417 e. The highest BCUT2D eigenvalue weighted by molar-refractivity contribution is 7.92. The Morgan fingerprint density at radius 2 is 1.92 bits per heavy atom. The third-order valence-electron chi connectivity index (χ3n) is 6.68. The number of hydrogen-bond donors (Lipinski definition) is 2. The minimum absolute atomic E-state index is 0.0410. The van der Waals surface area contributed by atoms with E-state index in [1.807, 2.05) is 20.8 Å². The molecule has 1 aliphatic rings. The van der Waals surface area contributed by atoms with E-state index in [1.165, 1.54) is 18.2 Å². The van der Waals surface area contributed by atoms with Crippen LogP contribution in [0.3, 0.4) is 0 Å². The summed E-state index contributed by atoms with van der Waals surface area (Å²) in [4.78, 5) is 31.9. The fourth-order valence-corrected chi connectivity index (χ4v) is 7.59. The average Bonchev–Trinajstić information content (AvgIpc) is 3.26. The second-order valence-corrected chi connectivity index (χ2v) is 12.2. The first kappa shape index (κ1) is 24.9. The van der Waals surface area contributed by atoms with Crippen molar-refractivity contribution in [3.63, 3.8) is 0 Å². The molecule has 8 nitrogen and oxygen atoms in total. The number of aromatic amines is 1. The van der Waals surface area contributed by atoms with Gasteiger partial charge in [-0.3, -0.25) is 14.8 Å². The number of nitrogens with zero attached hydrogens (tertiary/aromatic N) is 1. The maximum absolute atomic E-state index is 13.8. The van der Waals surface area contributed by atoms with E-state index < -0.39 is 26.9 Å². The molecule has 1 aliphatic heterocycles. The number of sulfone groups is 1. The Bertz CT molecular complexity index is 1720. The third-order valence-corrected chi connectivity index (χ3v) is 8.72. The van der Waals surface area contributed by atoms with Crippen LogP contribution in [0.4, 0.5) is 4.39 Å². The van der Waals surface area contributed by atoms with E-state index in [0.717, 1.165) is 5.56 Å². The number of oxazole rings is 1. The Hall–Kier alpha value is -3.79. The lowest BCUT2D eigenvalue weighted by Gasteiger charge is -2.25. The van der Waals surface area contributed by atoms with E-state index >= 15 is 0 Å². The molecular weight excluding hydrogens is 497 g/mol. The van der Waals surface area contributed by atoms with Crippen molar-refractivity contribution in [3.8, 4) is 11.1 Å². The molecule has 37 heavy (non-hydrogen) atoms. The van der Waals surface area contributed by atoms with E-state index in [1.54, 1.807) is 24.3 Å². The van der Waals surface area contributed by atoms with Crippen LogP contribution < -0.4 is 11.5 Å². The number of carbonyl (C=O) groups excluding carboxylic acids is 1. The maximum Gasteiger partial charge on any atom is 0.417 e. The predicted molar refractivity (Wildman–Crippen MR) is 137 cm³/mol. The minimum Gasteiger partial charge on any atom is -0.408 e. The molecule has 4 aromatic rings. The lowest BCUT2D eigenvalue weighted by atomic mass is 9.80. The molecule has 2 aromatic carbocycles. The second-order valence-electron chi connectivity index (χ2n) is 10.3. The van der Waals surface area contributed by atoms with Gasteiger partial charge in [0.05, 0.1) is 33.1 Å². The monoisotopic (exact) mass is 523 g/mol. The molecule has 0 aliphatic carbocycles. The van der Waals surface area contributed by atoms with Crippen molar-refractivity contribution in [3.05, 3.63) is 81.3 Å². The highest BCUT2D eigenvalue weighted by atomic mass is 32.2. The smallest absolute Gasteiger partial charge is 0.408 e. The fraction of sp³-hybridized carbons (Fsp3) is 0.296. The summed E-state index contributed by atoms with van der Waals surface area (Å²) < 4.78 is 46.2. The number of halogens is 1. The molecule has 3 heterocycles. The zero-order valence-corrected chi connectivity index (χ0v) is 21.4. The summed E-state index contributed by atoms with van der Waals surface area (Å²) in [5.74, 6) is -1.97. The van der Waals surface area contributed by atoms with Gasteiger partial charge in [-0.1, -0.05) is 39.0 Å². The maximum atomic E-state index is 13.8. The zero-order valence-electron chi connectivity index (χ0n) is 20.6. The van der Waals surface area contributed by atoms with Gasteiger partial charge in [0, 0.05) is 11.0 Å². The van der Waals surface area contributed by atoms with Crippen LogP contribution in [0.5, 0.6) is 0 Å². The van der Waals surface area contributed by atoms with Crippen molar-refractivity contribution in [1.29, 1.82) is 0 Å². The van der Waals surface area contributed by atoms with E-state index in [-0.39, 0.29) is 39.1 Å². The zero-order chi connectivity index (χ0) is 26.7. The number of nitrogens with one attached hydrogen (secondary N) is 1. The van der Waals surface area contributed by atoms with Gasteiger partial charge in [-0.05, 0) is 54.2 Å². The SMILES string of the molecule is CC(C)Cc1nc2c(c(-c3ccc4[nH]c(=O)oc4c3)c1C(N)=O)S(=O)(=O)CC2(C)Cc1ccc(F)cc1. The van der Waals surface area contributed by atoms with Gasteiger partial charge in [0.25, 0.3) is 5.91 Å². The summed E-state index contributed by atoms with van der Waals surface area (Å²) in [6.45, 7) is 5.75. The highest BCUT2D eigenvalue weighted by Gasteiger charge is 2.48. The summed E-state index contributed by atoms with van der Waals surface area (Å²) in [7, 11) is -3.91. The standard InChI is InChI=1S/C27H26FN3O5S/c1-14(2)10-19-22(25(29)32)21(16-6-9-18-20(11-16)36-26(33)31-18)23-24(30-19)27(3,13-37(23,34)35)12-15-4-7-17(28)8-5-15/h4-9,11,14H,10,12-13H2,1-3H3,(H2,29,32)(H,31,33). The minimum atomic E-state index is -3.91. The van der Waals surface area contributed by atoms with Crippen molar-refractivity contribution in [2.75, 3.05) is 5.75 Å². The highest BCUT2D eigenvalue weighted by Crippen LogP contribution is 2.47. The first-order valence-corrected chi connectivity index (χ1v) is 13.5. The summed E-state index contributed by atoms with van der Waals surface area (Å²) >= 11 is 0. The van der Waals surface area contributed by atoms with E-state index in [9.17, 15) is 22.4 Å². The molecule has 192 valence electrons. The molecule has 5 rings (SSSR count). The molecule has 0 saturated heterocycles. The van der Waals surface area contributed by atoms with Crippen LogP contribution in [0.2, 0.25) is 0 Å². The van der Waals surface area contributed by atoms with Gasteiger partial charge in [-0.15, -0.1) is 0 Å². The van der Waals surface area contributed by atoms with Gasteiger partial charge >= 0.3 is 5.76 Å². The molecule has 1 atom stereocenters. The molecule has 0 radical (unpaired) electrons. The number of rotatable bonds is 6. The quantitative estimate of drug-likeness (QED) is 0.393. The lowest BCUT2D eigenvalue weighted by Crippen LogP contribution is -2.29.